The van der Waals surface area contributed by atoms with E-state index < -0.39 is 12.1 Å². The van der Waals surface area contributed by atoms with Crippen molar-refractivity contribution >= 4 is 11.9 Å². The second-order valence-corrected chi connectivity index (χ2v) is 8.96. The van der Waals surface area contributed by atoms with Gasteiger partial charge in [-0.2, -0.15) is 13.2 Å². The summed E-state index contributed by atoms with van der Waals surface area (Å²) in [6, 6.07) is 22.7. The van der Waals surface area contributed by atoms with Crippen LogP contribution in [0.5, 0.6) is 0 Å². The molecule has 0 spiro atoms. The number of halogens is 4. The molecule has 0 saturated carbocycles. The van der Waals surface area contributed by atoms with Gasteiger partial charge in [0.2, 0.25) is 0 Å². The Morgan fingerprint density at radius 2 is 1.74 bits per heavy atom. The summed E-state index contributed by atoms with van der Waals surface area (Å²) in [5, 5.41) is 13.5. The van der Waals surface area contributed by atoms with Gasteiger partial charge < -0.3 is 15.7 Å². The van der Waals surface area contributed by atoms with Gasteiger partial charge in [-0.05, 0) is 53.9 Å². The molecule has 4 rings (SSSR count). The van der Waals surface area contributed by atoms with Crippen LogP contribution >= 0.6 is 0 Å². The second kappa shape index (κ2) is 13.2. The Hall–Kier alpha value is -3.76. The number of nitrogens with zero attached hydrogens (tertiary/aromatic N) is 1. The fourth-order valence-electron chi connectivity index (χ4n) is 4.03. The zero-order valence-corrected chi connectivity index (χ0v) is 20.8. The molecular weight excluding hydrogens is 502 g/mol. The molecule has 10 heteroatoms. The first-order valence-corrected chi connectivity index (χ1v) is 12.0. The van der Waals surface area contributed by atoms with Crippen molar-refractivity contribution in [2.75, 3.05) is 19.6 Å². The van der Waals surface area contributed by atoms with E-state index in [0.29, 0.717) is 23.7 Å². The highest BCUT2D eigenvalue weighted by molar-refractivity contribution is 5.94. The van der Waals surface area contributed by atoms with Gasteiger partial charge in [-0.1, -0.05) is 42.5 Å². The molecule has 0 aliphatic carbocycles. The highest BCUT2D eigenvalue weighted by Crippen LogP contribution is 2.26. The molecule has 38 heavy (non-hydrogen) atoms. The molecule has 0 aromatic heterocycles. The Bertz CT molecular complexity index is 1240. The number of rotatable bonds is 6. The maximum Gasteiger partial charge on any atom is 0.490 e. The Labute approximate surface area is 218 Å². The lowest BCUT2D eigenvalue weighted by molar-refractivity contribution is -0.192. The Balaban J connectivity index is 0.000000505. The van der Waals surface area contributed by atoms with E-state index in [4.69, 9.17) is 9.90 Å². The first kappa shape index (κ1) is 28.8. The fraction of sp³-hybridized carbons (Fsp3) is 0.286. The van der Waals surface area contributed by atoms with E-state index in [0.717, 1.165) is 37.3 Å². The number of piperazine rings is 1. The average Bonchev–Trinajstić information content (AvgIpc) is 2.88. The molecule has 1 aliphatic rings. The van der Waals surface area contributed by atoms with Gasteiger partial charge in [0.15, 0.2) is 0 Å². The zero-order valence-electron chi connectivity index (χ0n) is 20.8. The Morgan fingerprint density at radius 1 is 1.03 bits per heavy atom. The molecule has 3 aromatic carbocycles. The van der Waals surface area contributed by atoms with Gasteiger partial charge in [0.1, 0.15) is 5.82 Å². The summed E-state index contributed by atoms with van der Waals surface area (Å²) in [5.41, 5.74) is 4.06. The number of benzene rings is 3. The summed E-state index contributed by atoms with van der Waals surface area (Å²) >= 11 is 0. The lowest BCUT2D eigenvalue weighted by Crippen LogP contribution is -2.48. The number of nitrogens with one attached hydrogen (secondary N) is 2. The van der Waals surface area contributed by atoms with Crippen molar-refractivity contribution in [3.05, 3.63) is 95.3 Å². The van der Waals surface area contributed by atoms with Crippen LogP contribution in [0, 0.1) is 5.82 Å². The topological polar surface area (TPSA) is 81.7 Å². The molecule has 6 nitrogen and oxygen atoms in total. The Kier molecular flexibility index (Phi) is 9.98. The van der Waals surface area contributed by atoms with Crippen LogP contribution < -0.4 is 10.6 Å². The SMILES string of the molecule is C[C@H]1CN(Cc2cccc(-c3cc(CNC(=O)c4ccccc4)ccc3F)c2)CCN1.O=C(O)C(F)(F)F. The molecule has 3 aromatic rings. The van der Waals surface area contributed by atoms with E-state index in [2.05, 4.69) is 34.6 Å². The summed E-state index contributed by atoms with van der Waals surface area (Å²) in [6.45, 7) is 6.41. The number of hydrogen-bond acceptors (Lipinski definition) is 4. The van der Waals surface area contributed by atoms with Gasteiger partial charge in [0.25, 0.3) is 5.91 Å². The number of amides is 1. The van der Waals surface area contributed by atoms with Crippen LogP contribution in [0.1, 0.15) is 28.4 Å². The highest BCUT2D eigenvalue weighted by atomic mass is 19.4. The van der Waals surface area contributed by atoms with Crippen molar-refractivity contribution in [3.63, 3.8) is 0 Å². The van der Waals surface area contributed by atoms with E-state index in [9.17, 15) is 22.4 Å². The van der Waals surface area contributed by atoms with E-state index in [1.807, 2.05) is 36.4 Å². The number of carbonyl (C=O) groups excluding carboxylic acids is 1. The van der Waals surface area contributed by atoms with Crippen molar-refractivity contribution in [1.29, 1.82) is 0 Å². The van der Waals surface area contributed by atoms with Gasteiger partial charge in [0.05, 0.1) is 0 Å². The maximum atomic E-state index is 14.7. The van der Waals surface area contributed by atoms with E-state index in [1.165, 1.54) is 11.6 Å². The number of carboxylic acid groups (broad SMARTS) is 1. The summed E-state index contributed by atoms with van der Waals surface area (Å²) in [6.07, 6.45) is -5.08. The minimum absolute atomic E-state index is 0.140. The maximum absolute atomic E-state index is 14.7. The van der Waals surface area contributed by atoms with Gasteiger partial charge in [-0.15, -0.1) is 0 Å². The lowest BCUT2D eigenvalue weighted by Gasteiger charge is -2.31. The molecule has 1 atom stereocenters. The largest absolute Gasteiger partial charge is 0.490 e. The molecule has 1 fully saturated rings. The summed E-state index contributed by atoms with van der Waals surface area (Å²) in [7, 11) is 0. The third-order valence-electron chi connectivity index (χ3n) is 5.86. The summed E-state index contributed by atoms with van der Waals surface area (Å²) in [5.74, 6) is -3.16. The second-order valence-electron chi connectivity index (χ2n) is 8.96. The van der Waals surface area contributed by atoms with Crippen molar-refractivity contribution in [1.82, 2.24) is 15.5 Å². The van der Waals surface area contributed by atoms with Gasteiger partial charge in [0, 0.05) is 49.9 Å². The number of alkyl halides is 3. The van der Waals surface area contributed by atoms with Crippen LogP contribution in [-0.4, -0.2) is 53.7 Å². The van der Waals surface area contributed by atoms with Crippen molar-refractivity contribution in [2.24, 2.45) is 0 Å². The minimum atomic E-state index is -5.08. The number of carbonyl (C=O) groups is 2. The Morgan fingerprint density at radius 3 is 2.39 bits per heavy atom. The average molecular weight is 532 g/mol. The van der Waals surface area contributed by atoms with Crippen LogP contribution in [0.2, 0.25) is 0 Å². The minimum Gasteiger partial charge on any atom is -0.475 e. The zero-order chi connectivity index (χ0) is 27.7. The number of carboxylic acids is 1. The molecule has 1 heterocycles. The predicted octanol–water partition coefficient (Wildman–Crippen LogP) is 4.85. The third-order valence-corrected chi connectivity index (χ3v) is 5.86. The molecule has 1 amide bonds. The first-order valence-electron chi connectivity index (χ1n) is 12.0. The monoisotopic (exact) mass is 531 g/mol. The van der Waals surface area contributed by atoms with Crippen molar-refractivity contribution in [2.45, 2.75) is 32.2 Å². The normalized spacial score (nSPS) is 15.8. The van der Waals surface area contributed by atoms with Crippen molar-refractivity contribution < 1.29 is 32.3 Å². The quantitative estimate of drug-likeness (QED) is 0.397. The molecular formula is C28H29F4N3O3. The predicted molar refractivity (Wildman–Crippen MR) is 136 cm³/mol. The molecule has 1 aliphatic heterocycles. The van der Waals surface area contributed by atoms with Crippen LogP contribution in [0.3, 0.4) is 0 Å². The summed E-state index contributed by atoms with van der Waals surface area (Å²) < 4.78 is 46.4. The molecule has 202 valence electrons. The van der Waals surface area contributed by atoms with E-state index in [1.54, 1.807) is 18.2 Å². The lowest BCUT2D eigenvalue weighted by atomic mass is 10.00. The van der Waals surface area contributed by atoms with Crippen LogP contribution in [0.15, 0.2) is 72.8 Å². The molecule has 1 saturated heterocycles. The van der Waals surface area contributed by atoms with E-state index in [-0.39, 0.29) is 11.7 Å². The summed E-state index contributed by atoms with van der Waals surface area (Å²) in [4.78, 5) is 23.6. The first-order chi connectivity index (χ1) is 18.0. The smallest absolute Gasteiger partial charge is 0.475 e. The van der Waals surface area contributed by atoms with Gasteiger partial charge >= 0.3 is 12.1 Å². The molecule has 0 radical (unpaired) electrons. The van der Waals surface area contributed by atoms with Gasteiger partial charge in [-0.25, -0.2) is 9.18 Å². The van der Waals surface area contributed by atoms with Crippen LogP contribution in [-0.2, 0) is 17.9 Å². The molecule has 0 bridgehead atoms. The number of aliphatic carboxylic acids is 1. The van der Waals surface area contributed by atoms with Crippen molar-refractivity contribution in [3.8, 4) is 11.1 Å². The fourth-order valence-corrected chi connectivity index (χ4v) is 4.03. The standard InChI is InChI=1S/C26H28FN3O.C2HF3O2/c1-19-17-30(13-12-28-19)18-21-6-5-9-23(14-21)24-15-20(10-11-25(24)27)16-29-26(31)22-7-3-2-4-8-22;3-2(4,5)1(6)7/h2-11,14-15,19,28H,12-13,16-18H2,1H3,(H,29,31);(H,6,7)/t19-;/m0./s1. The van der Waals surface area contributed by atoms with Gasteiger partial charge in [-0.3, -0.25) is 9.69 Å². The molecule has 0 unspecified atom stereocenters. The highest BCUT2D eigenvalue weighted by Gasteiger charge is 2.38. The van der Waals surface area contributed by atoms with Crippen LogP contribution in [0.4, 0.5) is 17.6 Å². The van der Waals surface area contributed by atoms with E-state index >= 15 is 0 Å². The van der Waals surface area contributed by atoms with Crippen LogP contribution in [0.25, 0.3) is 11.1 Å². The molecule has 3 N–H and O–H groups in total. The number of hydrogen-bond donors (Lipinski definition) is 3. The third kappa shape index (κ3) is 8.67.